The second-order valence-electron chi connectivity index (χ2n) is 4.85. The first-order valence-corrected chi connectivity index (χ1v) is 7.55. The number of halogens is 1. The van der Waals surface area contributed by atoms with Gasteiger partial charge in [-0.05, 0) is 37.3 Å². The van der Waals surface area contributed by atoms with Gasteiger partial charge in [0.1, 0.15) is 0 Å². The Labute approximate surface area is 121 Å². The molecule has 1 heterocycles. The fourth-order valence-corrected chi connectivity index (χ4v) is 2.85. The monoisotopic (exact) mass is 322 g/mol. The van der Waals surface area contributed by atoms with E-state index >= 15 is 0 Å². The first-order chi connectivity index (χ1) is 9.16. The van der Waals surface area contributed by atoms with Crippen LogP contribution in [0, 0.1) is 0 Å². The Bertz CT molecular complexity index is 550. The largest absolute Gasteiger partial charge is 0.370 e. The van der Waals surface area contributed by atoms with Gasteiger partial charge in [-0.25, -0.2) is 0 Å². The third-order valence-corrected chi connectivity index (χ3v) is 4.26. The molecule has 0 saturated heterocycles. The number of hydrogen-bond donors (Lipinski definition) is 2. The highest BCUT2D eigenvalue weighted by Gasteiger charge is 2.08. The number of aryl methyl sites for hydroxylation is 1. The average Bonchev–Trinajstić information content (AvgIpc) is 2.79. The Morgan fingerprint density at radius 3 is 2.89 bits per heavy atom. The summed E-state index contributed by atoms with van der Waals surface area (Å²) < 4.78 is 0. The van der Waals surface area contributed by atoms with Gasteiger partial charge in [-0.3, -0.25) is 4.79 Å². The topological polar surface area (TPSA) is 58.9 Å². The predicted octanol–water partition coefficient (Wildman–Crippen LogP) is 3.52. The molecule has 3 nitrogen and oxygen atoms in total. The van der Waals surface area contributed by atoms with Crippen LogP contribution in [0.5, 0.6) is 0 Å². The Kier molecular flexibility index (Phi) is 5.02. The average molecular weight is 323 g/mol. The van der Waals surface area contributed by atoms with Crippen molar-refractivity contribution >= 4 is 32.7 Å². The highest BCUT2D eigenvalue weighted by Crippen LogP contribution is 2.22. The molecular weight excluding hydrogens is 304 g/mol. The van der Waals surface area contributed by atoms with Crippen LogP contribution in [0.15, 0.2) is 30.5 Å². The molecule has 3 N–H and O–H groups in total. The molecule has 4 heteroatoms. The standard InChI is InChI=1S/C15H19BrN2O/c16-12(4-3-7-15(17)19)9-8-11-10-18-14-6-2-1-5-13(11)14/h1-2,5-6,10,12,18H,3-4,7-9H2,(H2,17,19). The maximum absolute atomic E-state index is 10.7. The normalized spacial score (nSPS) is 12.7. The van der Waals surface area contributed by atoms with E-state index in [0.717, 1.165) is 25.7 Å². The predicted molar refractivity (Wildman–Crippen MR) is 82.4 cm³/mol. The second-order valence-corrected chi connectivity index (χ2v) is 6.15. The zero-order chi connectivity index (χ0) is 13.7. The van der Waals surface area contributed by atoms with Crippen molar-refractivity contribution in [1.82, 2.24) is 4.98 Å². The molecule has 1 amide bonds. The number of carbonyl (C=O) groups is 1. The summed E-state index contributed by atoms with van der Waals surface area (Å²) in [4.78, 5) is 14.4. The van der Waals surface area contributed by atoms with Gasteiger partial charge in [0.05, 0.1) is 0 Å². The summed E-state index contributed by atoms with van der Waals surface area (Å²) in [5, 5.41) is 1.30. The molecule has 0 radical (unpaired) electrons. The van der Waals surface area contributed by atoms with Crippen molar-refractivity contribution in [1.29, 1.82) is 0 Å². The van der Waals surface area contributed by atoms with Gasteiger partial charge in [0, 0.05) is 28.3 Å². The molecule has 1 aromatic carbocycles. The Morgan fingerprint density at radius 1 is 1.32 bits per heavy atom. The molecule has 0 bridgehead atoms. The zero-order valence-corrected chi connectivity index (χ0v) is 12.4. The Morgan fingerprint density at radius 2 is 2.11 bits per heavy atom. The molecule has 0 spiro atoms. The number of amides is 1. The van der Waals surface area contributed by atoms with E-state index in [1.165, 1.54) is 16.5 Å². The van der Waals surface area contributed by atoms with Gasteiger partial charge < -0.3 is 10.7 Å². The number of hydrogen-bond acceptors (Lipinski definition) is 1. The molecule has 102 valence electrons. The summed E-state index contributed by atoms with van der Waals surface area (Å²) in [6.07, 6.45) is 6.53. The van der Waals surface area contributed by atoms with Crippen LogP contribution in [0.2, 0.25) is 0 Å². The number of nitrogens with one attached hydrogen (secondary N) is 1. The van der Waals surface area contributed by atoms with Gasteiger partial charge in [0.2, 0.25) is 5.91 Å². The van der Waals surface area contributed by atoms with E-state index in [-0.39, 0.29) is 5.91 Å². The van der Waals surface area contributed by atoms with E-state index < -0.39 is 0 Å². The Hall–Kier alpha value is -1.29. The highest BCUT2D eigenvalue weighted by atomic mass is 79.9. The molecule has 19 heavy (non-hydrogen) atoms. The van der Waals surface area contributed by atoms with Crippen molar-refractivity contribution < 1.29 is 4.79 Å². The minimum atomic E-state index is -0.212. The summed E-state index contributed by atoms with van der Waals surface area (Å²) in [6.45, 7) is 0. The minimum Gasteiger partial charge on any atom is -0.370 e. The number of aromatic nitrogens is 1. The van der Waals surface area contributed by atoms with Crippen LogP contribution in [0.1, 0.15) is 31.2 Å². The number of rotatable bonds is 7. The second kappa shape index (κ2) is 6.75. The van der Waals surface area contributed by atoms with E-state index in [1.807, 2.05) is 6.07 Å². The summed E-state index contributed by atoms with van der Waals surface area (Å²) >= 11 is 3.68. The van der Waals surface area contributed by atoms with Crippen molar-refractivity contribution in [3.63, 3.8) is 0 Å². The van der Waals surface area contributed by atoms with Gasteiger partial charge in [-0.15, -0.1) is 0 Å². The minimum absolute atomic E-state index is 0.212. The van der Waals surface area contributed by atoms with Crippen LogP contribution in [-0.2, 0) is 11.2 Å². The molecule has 1 unspecified atom stereocenters. The molecule has 2 aromatic rings. The summed E-state index contributed by atoms with van der Waals surface area (Å²) in [7, 11) is 0. The summed E-state index contributed by atoms with van der Waals surface area (Å²) in [6, 6.07) is 8.35. The van der Waals surface area contributed by atoms with Crippen LogP contribution >= 0.6 is 15.9 Å². The molecule has 0 aliphatic carbocycles. The van der Waals surface area contributed by atoms with Crippen LogP contribution < -0.4 is 5.73 Å². The quantitative estimate of drug-likeness (QED) is 0.753. The molecular formula is C15H19BrN2O. The third kappa shape index (κ3) is 4.10. The lowest BCUT2D eigenvalue weighted by molar-refractivity contribution is -0.118. The van der Waals surface area contributed by atoms with Gasteiger partial charge in [0.15, 0.2) is 0 Å². The maximum Gasteiger partial charge on any atom is 0.217 e. The number of alkyl halides is 1. The smallest absolute Gasteiger partial charge is 0.217 e. The van der Waals surface area contributed by atoms with Crippen molar-refractivity contribution in [2.45, 2.75) is 36.9 Å². The fourth-order valence-electron chi connectivity index (χ4n) is 2.29. The van der Waals surface area contributed by atoms with E-state index in [4.69, 9.17) is 5.73 Å². The highest BCUT2D eigenvalue weighted by molar-refractivity contribution is 9.09. The maximum atomic E-state index is 10.7. The van der Waals surface area contributed by atoms with E-state index in [0.29, 0.717) is 11.2 Å². The van der Waals surface area contributed by atoms with Crippen LogP contribution in [0.25, 0.3) is 10.9 Å². The van der Waals surface area contributed by atoms with Crippen LogP contribution in [0.3, 0.4) is 0 Å². The van der Waals surface area contributed by atoms with Crippen molar-refractivity contribution in [2.75, 3.05) is 0 Å². The SMILES string of the molecule is NC(=O)CCCC(Br)CCc1c[nH]c2ccccc12. The van der Waals surface area contributed by atoms with Crippen LogP contribution in [-0.4, -0.2) is 15.7 Å². The molecule has 0 aliphatic heterocycles. The number of primary amides is 1. The van der Waals surface area contributed by atoms with Gasteiger partial charge >= 0.3 is 0 Å². The number of aromatic amines is 1. The number of nitrogens with two attached hydrogens (primary N) is 1. The molecule has 0 aliphatic rings. The first-order valence-electron chi connectivity index (χ1n) is 6.64. The lowest BCUT2D eigenvalue weighted by Gasteiger charge is -2.08. The zero-order valence-electron chi connectivity index (χ0n) is 10.9. The van der Waals surface area contributed by atoms with Crippen molar-refractivity contribution in [2.24, 2.45) is 5.73 Å². The number of benzene rings is 1. The number of para-hydroxylation sites is 1. The van der Waals surface area contributed by atoms with Crippen molar-refractivity contribution in [3.8, 4) is 0 Å². The summed E-state index contributed by atoms with van der Waals surface area (Å²) in [5.74, 6) is -0.212. The number of fused-ring (bicyclic) bond motifs is 1. The molecule has 2 rings (SSSR count). The van der Waals surface area contributed by atoms with Crippen LogP contribution in [0.4, 0.5) is 0 Å². The molecule has 0 saturated carbocycles. The van der Waals surface area contributed by atoms with Gasteiger partial charge in [0.25, 0.3) is 0 Å². The van der Waals surface area contributed by atoms with E-state index in [1.54, 1.807) is 0 Å². The Balaban J connectivity index is 1.83. The lowest BCUT2D eigenvalue weighted by atomic mass is 10.0. The fraction of sp³-hybridized carbons (Fsp3) is 0.400. The first kappa shape index (κ1) is 14.1. The molecule has 1 aromatic heterocycles. The van der Waals surface area contributed by atoms with Gasteiger partial charge in [-0.1, -0.05) is 34.1 Å². The van der Waals surface area contributed by atoms with E-state index in [9.17, 15) is 4.79 Å². The summed E-state index contributed by atoms with van der Waals surface area (Å²) in [5.41, 5.74) is 7.68. The van der Waals surface area contributed by atoms with Crippen molar-refractivity contribution in [3.05, 3.63) is 36.0 Å². The lowest BCUT2D eigenvalue weighted by Crippen LogP contribution is -2.11. The van der Waals surface area contributed by atoms with Gasteiger partial charge in [-0.2, -0.15) is 0 Å². The molecule has 1 atom stereocenters. The number of H-pyrrole nitrogens is 1. The third-order valence-electron chi connectivity index (χ3n) is 3.34. The van der Waals surface area contributed by atoms with E-state index in [2.05, 4.69) is 45.3 Å². The number of carbonyl (C=O) groups excluding carboxylic acids is 1. The molecule has 0 fully saturated rings.